The van der Waals surface area contributed by atoms with Crippen LogP contribution in [0.2, 0.25) is 0 Å². The molecule has 4 heteroatoms. The highest BCUT2D eigenvalue weighted by molar-refractivity contribution is 5.76. The van der Waals surface area contributed by atoms with Gasteiger partial charge in [-0.2, -0.15) is 0 Å². The fraction of sp³-hybridized carbons (Fsp3) is 0.917. The Balaban J connectivity index is 1.97. The van der Waals surface area contributed by atoms with Crippen LogP contribution in [0.4, 0.5) is 0 Å². The van der Waals surface area contributed by atoms with Crippen LogP contribution in [0.3, 0.4) is 0 Å². The number of ether oxygens (including phenoxy) is 1. The van der Waals surface area contributed by atoms with Crippen molar-refractivity contribution in [3.8, 4) is 0 Å². The highest BCUT2D eigenvalue weighted by atomic mass is 16.5. The van der Waals surface area contributed by atoms with Crippen LogP contribution < -0.4 is 5.32 Å². The van der Waals surface area contributed by atoms with Crippen molar-refractivity contribution in [1.82, 2.24) is 10.2 Å². The average molecular weight is 226 g/mol. The summed E-state index contributed by atoms with van der Waals surface area (Å²) >= 11 is 0. The molecule has 2 aliphatic rings. The van der Waals surface area contributed by atoms with Gasteiger partial charge in [-0.15, -0.1) is 0 Å². The van der Waals surface area contributed by atoms with E-state index in [1.165, 1.54) is 19.3 Å². The van der Waals surface area contributed by atoms with Gasteiger partial charge in [-0.1, -0.05) is 6.42 Å². The maximum atomic E-state index is 12.0. The number of piperazine rings is 1. The van der Waals surface area contributed by atoms with Gasteiger partial charge in [0, 0.05) is 26.2 Å². The predicted molar refractivity (Wildman–Crippen MR) is 62.2 cm³/mol. The van der Waals surface area contributed by atoms with Crippen LogP contribution in [0.1, 0.15) is 26.2 Å². The summed E-state index contributed by atoms with van der Waals surface area (Å²) in [5.41, 5.74) is 0. The molecule has 1 aliphatic heterocycles. The quantitative estimate of drug-likeness (QED) is 0.714. The van der Waals surface area contributed by atoms with Gasteiger partial charge in [-0.05, 0) is 25.7 Å². The number of esters is 1. The number of nitrogens with one attached hydrogen (secondary N) is 1. The SMILES string of the molecule is CCOC(=O)C(C1CCC1)N1CCNCC1. The van der Waals surface area contributed by atoms with Gasteiger partial charge in [-0.25, -0.2) is 0 Å². The summed E-state index contributed by atoms with van der Waals surface area (Å²) in [5.74, 6) is 0.534. The topological polar surface area (TPSA) is 41.6 Å². The molecule has 0 aromatic carbocycles. The van der Waals surface area contributed by atoms with E-state index in [9.17, 15) is 4.79 Å². The van der Waals surface area contributed by atoms with Gasteiger partial charge in [0.25, 0.3) is 0 Å². The molecule has 2 rings (SSSR count). The van der Waals surface area contributed by atoms with Crippen LogP contribution in [0.15, 0.2) is 0 Å². The normalized spacial score (nSPS) is 24.8. The Kier molecular flexibility index (Phi) is 4.18. The van der Waals surface area contributed by atoms with Gasteiger partial charge in [-0.3, -0.25) is 9.69 Å². The zero-order valence-electron chi connectivity index (χ0n) is 10.1. The largest absolute Gasteiger partial charge is 0.465 e. The van der Waals surface area contributed by atoms with Crippen molar-refractivity contribution in [3.63, 3.8) is 0 Å². The van der Waals surface area contributed by atoms with E-state index in [4.69, 9.17) is 4.74 Å². The van der Waals surface area contributed by atoms with Gasteiger partial charge in [0.2, 0.25) is 0 Å². The Bertz CT molecular complexity index is 235. The molecule has 1 aliphatic carbocycles. The minimum Gasteiger partial charge on any atom is -0.465 e. The fourth-order valence-electron chi connectivity index (χ4n) is 2.58. The molecule has 0 spiro atoms. The van der Waals surface area contributed by atoms with Crippen molar-refractivity contribution in [1.29, 1.82) is 0 Å². The minimum atomic E-state index is -0.00546. The zero-order valence-corrected chi connectivity index (χ0v) is 10.1. The molecule has 1 atom stereocenters. The third-order valence-corrected chi connectivity index (χ3v) is 3.67. The molecular formula is C12H22N2O2. The van der Waals surface area contributed by atoms with E-state index in [1.54, 1.807) is 0 Å². The summed E-state index contributed by atoms with van der Waals surface area (Å²) in [6.07, 6.45) is 3.65. The second-order valence-corrected chi connectivity index (χ2v) is 4.67. The summed E-state index contributed by atoms with van der Waals surface area (Å²) in [6, 6.07) is 0.0239. The Morgan fingerprint density at radius 3 is 2.62 bits per heavy atom. The van der Waals surface area contributed by atoms with Crippen molar-refractivity contribution >= 4 is 5.97 Å². The first-order valence-electron chi connectivity index (χ1n) is 6.44. The van der Waals surface area contributed by atoms with Gasteiger partial charge < -0.3 is 10.1 Å². The molecule has 1 saturated heterocycles. The Labute approximate surface area is 97.3 Å². The molecule has 0 aromatic heterocycles. The van der Waals surface area contributed by atoms with E-state index in [2.05, 4.69) is 10.2 Å². The van der Waals surface area contributed by atoms with Crippen molar-refractivity contribution < 1.29 is 9.53 Å². The predicted octanol–water partition coefficient (Wildman–Crippen LogP) is 0.623. The standard InChI is InChI=1S/C12H22N2O2/c1-2-16-12(15)11(10-4-3-5-10)14-8-6-13-7-9-14/h10-11,13H,2-9H2,1H3. The lowest BCUT2D eigenvalue weighted by molar-refractivity contribution is -0.153. The lowest BCUT2D eigenvalue weighted by atomic mass is 9.79. The van der Waals surface area contributed by atoms with E-state index in [0.717, 1.165) is 26.2 Å². The van der Waals surface area contributed by atoms with E-state index in [-0.39, 0.29) is 12.0 Å². The number of rotatable bonds is 4. The van der Waals surface area contributed by atoms with Crippen molar-refractivity contribution in [2.75, 3.05) is 32.8 Å². The first-order valence-corrected chi connectivity index (χ1v) is 6.44. The van der Waals surface area contributed by atoms with E-state index in [1.807, 2.05) is 6.92 Å². The summed E-state index contributed by atoms with van der Waals surface area (Å²) in [5, 5.41) is 3.32. The van der Waals surface area contributed by atoms with Crippen LogP contribution in [0.5, 0.6) is 0 Å². The second-order valence-electron chi connectivity index (χ2n) is 4.67. The Morgan fingerprint density at radius 1 is 1.44 bits per heavy atom. The average Bonchev–Trinajstić information content (AvgIpc) is 2.24. The Morgan fingerprint density at radius 2 is 2.12 bits per heavy atom. The molecule has 1 N–H and O–H groups in total. The van der Waals surface area contributed by atoms with Gasteiger partial charge >= 0.3 is 5.97 Å². The van der Waals surface area contributed by atoms with Crippen LogP contribution >= 0.6 is 0 Å². The highest BCUT2D eigenvalue weighted by Crippen LogP contribution is 2.33. The molecule has 0 bridgehead atoms. The number of hydrogen-bond acceptors (Lipinski definition) is 4. The highest BCUT2D eigenvalue weighted by Gasteiger charge is 2.38. The van der Waals surface area contributed by atoms with E-state index < -0.39 is 0 Å². The first-order chi connectivity index (χ1) is 7.83. The van der Waals surface area contributed by atoms with Gasteiger partial charge in [0.15, 0.2) is 0 Å². The summed E-state index contributed by atoms with van der Waals surface area (Å²) in [4.78, 5) is 14.3. The number of hydrogen-bond donors (Lipinski definition) is 1. The van der Waals surface area contributed by atoms with Crippen LogP contribution in [-0.4, -0.2) is 49.7 Å². The molecule has 16 heavy (non-hydrogen) atoms. The van der Waals surface area contributed by atoms with E-state index >= 15 is 0 Å². The minimum absolute atomic E-state index is 0.00546. The van der Waals surface area contributed by atoms with Crippen molar-refractivity contribution in [3.05, 3.63) is 0 Å². The van der Waals surface area contributed by atoms with Crippen molar-refractivity contribution in [2.24, 2.45) is 5.92 Å². The molecule has 0 radical (unpaired) electrons. The fourth-order valence-corrected chi connectivity index (χ4v) is 2.58. The molecule has 92 valence electrons. The molecule has 0 amide bonds. The first kappa shape index (κ1) is 11.9. The number of carbonyl (C=O) groups is 1. The third kappa shape index (κ3) is 2.55. The molecular weight excluding hydrogens is 204 g/mol. The summed E-state index contributed by atoms with van der Waals surface area (Å²) in [7, 11) is 0. The summed E-state index contributed by atoms with van der Waals surface area (Å²) in [6.45, 7) is 6.30. The summed E-state index contributed by atoms with van der Waals surface area (Å²) < 4.78 is 5.21. The monoisotopic (exact) mass is 226 g/mol. The smallest absolute Gasteiger partial charge is 0.323 e. The zero-order chi connectivity index (χ0) is 11.4. The number of carbonyl (C=O) groups excluding carboxylic acids is 1. The second kappa shape index (κ2) is 5.64. The molecule has 4 nitrogen and oxygen atoms in total. The van der Waals surface area contributed by atoms with Crippen LogP contribution in [-0.2, 0) is 9.53 Å². The van der Waals surface area contributed by atoms with E-state index in [0.29, 0.717) is 12.5 Å². The molecule has 1 saturated carbocycles. The van der Waals surface area contributed by atoms with Crippen LogP contribution in [0.25, 0.3) is 0 Å². The molecule has 1 unspecified atom stereocenters. The van der Waals surface area contributed by atoms with Gasteiger partial charge in [0.1, 0.15) is 6.04 Å². The number of nitrogens with zero attached hydrogens (tertiary/aromatic N) is 1. The molecule has 2 fully saturated rings. The maximum Gasteiger partial charge on any atom is 0.323 e. The lowest BCUT2D eigenvalue weighted by Crippen LogP contribution is -2.55. The Hall–Kier alpha value is -0.610. The van der Waals surface area contributed by atoms with Crippen LogP contribution in [0, 0.1) is 5.92 Å². The lowest BCUT2D eigenvalue weighted by Gasteiger charge is -2.41. The third-order valence-electron chi connectivity index (χ3n) is 3.67. The molecule has 0 aromatic rings. The maximum absolute atomic E-state index is 12.0. The van der Waals surface area contributed by atoms with Crippen molar-refractivity contribution in [2.45, 2.75) is 32.2 Å². The van der Waals surface area contributed by atoms with Gasteiger partial charge in [0.05, 0.1) is 6.61 Å². The molecule has 1 heterocycles.